The van der Waals surface area contributed by atoms with Crippen LogP contribution >= 0.6 is 0 Å². The molecule has 378 valence electrons. The minimum atomic E-state index is -0.930. The highest BCUT2D eigenvalue weighted by atomic mass is 19.1. The van der Waals surface area contributed by atoms with Crippen LogP contribution in [0.3, 0.4) is 0 Å². The highest BCUT2D eigenvalue weighted by Gasteiger charge is 2.49. The zero-order valence-electron chi connectivity index (χ0n) is 40.4. The average molecular weight is 972 g/mol. The molecule has 6 aromatic rings. The lowest BCUT2D eigenvalue weighted by molar-refractivity contribution is -0.0644. The molecule has 0 amide bonds. The van der Waals surface area contributed by atoms with Gasteiger partial charge in [0.25, 0.3) is 0 Å². The summed E-state index contributed by atoms with van der Waals surface area (Å²) in [6, 6.07) is 3.61. The molecule has 6 aromatic heterocycles. The third-order valence-electron chi connectivity index (χ3n) is 12.2. The summed E-state index contributed by atoms with van der Waals surface area (Å²) in [7, 11) is 14.5. The van der Waals surface area contributed by atoms with Crippen molar-refractivity contribution < 1.29 is 61.2 Å². The van der Waals surface area contributed by atoms with E-state index in [1.54, 1.807) is 80.8 Å². The van der Waals surface area contributed by atoms with Crippen molar-refractivity contribution in [2.75, 3.05) is 101 Å². The van der Waals surface area contributed by atoms with Gasteiger partial charge in [-0.05, 0) is 26.0 Å². The number of hydrogen-bond acceptors (Lipinski definition) is 22. The van der Waals surface area contributed by atoms with Crippen molar-refractivity contribution in [1.82, 2.24) is 48.6 Å². The van der Waals surface area contributed by atoms with Gasteiger partial charge in [-0.15, -0.1) is 0 Å². The summed E-state index contributed by atoms with van der Waals surface area (Å²) < 4.78 is 86.1. The minimum absolute atomic E-state index is 0.0325. The number of anilines is 3. The van der Waals surface area contributed by atoms with Crippen LogP contribution in [0.5, 0.6) is 0 Å². The second-order valence-corrected chi connectivity index (χ2v) is 16.2. The van der Waals surface area contributed by atoms with E-state index in [1.807, 2.05) is 35.2 Å². The zero-order valence-corrected chi connectivity index (χ0v) is 40.4. The SMILES string of the molecule is COC[C@H]1O[C@@H](n2c(C)nc3c(N)ccnc32)C(OC)C1OC.COC[C@H]1O[C@@H](n2ccc3c(N)nc(C)nc32)C(OC)C1OC.COC[C@H]1O[C@@H](n2cnc3c(N)nc(F)nc32)C(OC)C1OC. The van der Waals surface area contributed by atoms with Crippen LogP contribution in [0.1, 0.15) is 30.3 Å². The molecule has 0 aliphatic carbocycles. The van der Waals surface area contributed by atoms with E-state index in [9.17, 15) is 4.39 Å². The van der Waals surface area contributed by atoms with E-state index in [2.05, 4.69) is 34.9 Å². The number of nitrogen functional groups attached to an aromatic ring is 3. The van der Waals surface area contributed by atoms with E-state index in [4.69, 9.17) is 74.0 Å². The first-order valence-corrected chi connectivity index (χ1v) is 21.8. The third kappa shape index (κ3) is 10.0. The fraction of sp³-hybridized carbons (Fsp3) is 0.605. The van der Waals surface area contributed by atoms with Crippen LogP contribution < -0.4 is 17.2 Å². The third-order valence-corrected chi connectivity index (χ3v) is 12.2. The predicted octanol–water partition coefficient (Wildman–Crippen LogP) is 1.91. The Morgan fingerprint density at radius 2 is 1.07 bits per heavy atom. The second-order valence-electron chi connectivity index (χ2n) is 16.2. The lowest BCUT2D eigenvalue weighted by atomic mass is 10.1. The number of aryl methyl sites for hydroxylation is 2. The number of methoxy groups -OCH3 is 9. The predicted molar refractivity (Wildman–Crippen MR) is 245 cm³/mol. The Morgan fingerprint density at radius 3 is 1.61 bits per heavy atom. The number of rotatable bonds is 15. The summed E-state index contributed by atoms with van der Waals surface area (Å²) >= 11 is 0. The van der Waals surface area contributed by atoms with Gasteiger partial charge in [-0.25, -0.2) is 24.9 Å². The minimum Gasteiger partial charge on any atom is -0.397 e. The summed E-state index contributed by atoms with van der Waals surface area (Å²) in [5.41, 5.74) is 20.8. The number of nitrogens with zero attached hydrogens (tertiary/aromatic N) is 10. The number of ether oxygens (including phenoxy) is 12. The molecule has 0 saturated carbocycles. The molecule has 0 spiro atoms. The molecule has 0 radical (unpaired) electrons. The van der Waals surface area contributed by atoms with Crippen LogP contribution in [0.15, 0.2) is 30.9 Å². The first-order chi connectivity index (χ1) is 33.3. The highest BCUT2D eigenvalue weighted by Crippen LogP contribution is 2.39. The quantitative estimate of drug-likeness (QED) is 0.124. The fourth-order valence-electron chi connectivity index (χ4n) is 9.18. The normalized spacial score (nSPS) is 27.8. The van der Waals surface area contributed by atoms with E-state index >= 15 is 0 Å². The standard InChI is InChI=1S/2C15H22N4O4.C13H18FN5O4/c1-8-17-13(16)9-5-6-19(14(9)18-8)15-12(22-4)11(21-3)10(23-15)7-20-2;1-8-18-11-9(16)5-6-17-14(11)19(8)15-13(22-4)12(21-3)10(23-15)7-20-2;1-20-4-6-8(21-2)9(22-3)12(23-6)19-5-16-7-10(15)17-13(14)18-11(7)19/h5-6,10-12,15H,7H2,1-4H3,(H2,16,17,18);5-6,10,12-13,15H,7H2,1-4H3,(H2,16,17);5-6,8-9,12H,4H2,1-3H3,(H2,15,17,18)/t10-,11?,12?,15-;10-,12?,13?,15-;6-,8?,9?,12-/m111/s1. The summed E-state index contributed by atoms with van der Waals surface area (Å²) in [5.74, 6) is 1.79. The molecule has 3 fully saturated rings. The Hall–Kier alpha value is -5.36. The fourth-order valence-corrected chi connectivity index (χ4v) is 9.18. The Bertz CT molecular complexity index is 2520. The van der Waals surface area contributed by atoms with Crippen LogP contribution in [0.25, 0.3) is 33.4 Å². The lowest BCUT2D eigenvalue weighted by Gasteiger charge is -2.22. The number of pyridine rings is 1. The van der Waals surface area contributed by atoms with E-state index in [0.717, 1.165) is 16.9 Å². The van der Waals surface area contributed by atoms with E-state index in [1.165, 1.54) is 6.33 Å². The van der Waals surface area contributed by atoms with E-state index < -0.39 is 24.6 Å². The molecule has 9 rings (SSSR count). The Balaban J connectivity index is 0.000000153. The number of fused-ring (bicyclic) bond motifs is 3. The maximum absolute atomic E-state index is 13.5. The molecule has 6 unspecified atom stereocenters. The summed E-state index contributed by atoms with van der Waals surface area (Å²) in [4.78, 5) is 29.0. The molecular formula is C43H62FN13O12. The van der Waals surface area contributed by atoms with Crippen LogP contribution in [0, 0.1) is 19.9 Å². The first-order valence-electron chi connectivity index (χ1n) is 21.8. The molecule has 25 nitrogen and oxygen atoms in total. The summed E-state index contributed by atoms with van der Waals surface area (Å²) in [6.45, 7) is 4.86. The van der Waals surface area contributed by atoms with Crippen molar-refractivity contribution in [2.45, 2.75) is 87.5 Å². The molecule has 6 N–H and O–H groups in total. The highest BCUT2D eigenvalue weighted by molar-refractivity contribution is 5.86. The van der Waals surface area contributed by atoms with Crippen molar-refractivity contribution in [3.63, 3.8) is 0 Å². The Labute approximate surface area is 396 Å². The summed E-state index contributed by atoms with van der Waals surface area (Å²) in [5, 5.41) is 0.790. The lowest BCUT2D eigenvalue weighted by Crippen LogP contribution is -2.37. The van der Waals surface area contributed by atoms with Gasteiger partial charge in [0.2, 0.25) is 0 Å². The zero-order chi connectivity index (χ0) is 49.7. The van der Waals surface area contributed by atoms with E-state index in [-0.39, 0.29) is 66.5 Å². The van der Waals surface area contributed by atoms with Crippen LogP contribution in [-0.4, -0.2) is 187 Å². The van der Waals surface area contributed by atoms with Gasteiger partial charge in [0.05, 0.1) is 37.2 Å². The largest absolute Gasteiger partial charge is 0.397 e. The first kappa shape index (κ1) is 51.5. The molecule has 3 aliphatic rings. The van der Waals surface area contributed by atoms with Gasteiger partial charge in [0.15, 0.2) is 41.3 Å². The molecule has 0 bridgehead atoms. The van der Waals surface area contributed by atoms with Gasteiger partial charge in [0.1, 0.15) is 83.6 Å². The van der Waals surface area contributed by atoms with E-state index in [0.29, 0.717) is 53.8 Å². The number of aromatic nitrogens is 10. The van der Waals surface area contributed by atoms with Crippen molar-refractivity contribution in [3.8, 4) is 0 Å². The number of hydrogen-bond donors (Lipinski definition) is 3. The Morgan fingerprint density at radius 1 is 0.551 bits per heavy atom. The number of nitrogens with two attached hydrogens (primary N) is 3. The van der Waals surface area contributed by atoms with Crippen molar-refractivity contribution in [2.24, 2.45) is 0 Å². The molecule has 3 aliphatic heterocycles. The average Bonchev–Trinajstić information content (AvgIpc) is 4.19. The number of halogens is 1. The molecule has 12 atom stereocenters. The van der Waals surface area contributed by atoms with Crippen LogP contribution in [-0.2, 0) is 56.8 Å². The van der Waals surface area contributed by atoms with Crippen LogP contribution in [0.2, 0.25) is 0 Å². The Kier molecular flexibility index (Phi) is 16.9. The maximum atomic E-state index is 13.5. The summed E-state index contributed by atoms with van der Waals surface area (Å²) in [6.07, 6.45) is -0.00375. The van der Waals surface area contributed by atoms with Gasteiger partial charge >= 0.3 is 6.08 Å². The smallest absolute Gasteiger partial charge is 0.312 e. The number of imidazole rings is 2. The van der Waals surface area contributed by atoms with Gasteiger partial charge in [0, 0.05) is 76.4 Å². The monoisotopic (exact) mass is 971 g/mol. The van der Waals surface area contributed by atoms with Crippen molar-refractivity contribution in [3.05, 3.63) is 48.6 Å². The molecule has 3 saturated heterocycles. The molecule has 0 aromatic carbocycles. The van der Waals surface area contributed by atoms with Gasteiger partial charge in [-0.3, -0.25) is 9.13 Å². The molecular weight excluding hydrogens is 910 g/mol. The topological polar surface area (TPSA) is 294 Å². The maximum Gasteiger partial charge on any atom is 0.312 e. The van der Waals surface area contributed by atoms with Gasteiger partial charge < -0.3 is 78.6 Å². The van der Waals surface area contributed by atoms with Crippen LogP contribution in [0.4, 0.5) is 21.7 Å². The van der Waals surface area contributed by atoms with Gasteiger partial charge in [-0.1, -0.05) is 0 Å². The molecule has 26 heteroatoms. The molecule has 69 heavy (non-hydrogen) atoms. The molecule has 9 heterocycles. The van der Waals surface area contributed by atoms with Crippen molar-refractivity contribution >= 4 is 50.7 Å². The second kappa shape index (κ2) is 22.6. The van der Waals surface area contributed by atoms with Gasteiger partial charge in [-0.2, -0.15) is 14.4 Å². The van der Waals surface area contributed by atoms with Crippen molar-refractivity contribution in [1.29, 1.82) is 0 Å².